The van der Waals surface area contributed by atoms with Gasteiger partial charge in [0.1, 0.15) is 17.2 Å². The van der Waals surface area contributed by atoms with Gasteiger partial charge in [-0.1, -0.05) is 30.4 Å². The van der Waals surface area contributed by atoms with Gasteiger partial charge in [0, 0.05) is 12.6 Å². The molecule has 0 fully saturated rings. The van der Waals surface area contributed by atoms with Crippen molar-refractivity contribution in [1.29, 1.82) is 0 Å². The molecular weight excluding hydrogens is 250 g/mol. The van der Waals surface area contributed by atoms with Crippen LogP contribution >= 0.6 is 0 Å². The van der Waals surface area contributed by atoms with Gasteiger partial charge in [-0.05, 0) is 30.4 Å². The predicted octanol–water partition coefficient (Wildman–Crippen LogP) is 3.11. The number of rotatable bonds is 0. The molecule has 3 nitrogen and oxygen atoms in total. The summed E-state index contributed by atoms with van der Waals surface area (Å²) in [5.74, 6) is 1.18. The van der Waals surface area contributed by atoms with Crippen molar-refractivity contribution >= 4 is 17.6 Å². The largest absolute Gasteiger partial charge is 0.456 e. The molecule has 1 heterocycles. The summed E-state index contributed by atoms with van der Waals surface area (Å²) in [7, 11) is 1.61. The number of ether oxygens (including phenoxy) is 1. The lowest BCUT2D eigenvalue weighted by atomic mass is 10.0. The van der Waals surface area contributed by atoms with Crippen LogP contribution in [0.5, 0.6) is 5.75 Å². The molecule has 0 aromatic heterocycles. The van der Waals surface area contributed by atoms with Gasteiger partial charge in [0.15, 0.2) is 0 Å². The normalized spacial score (nSPS) is 22.6. The lowest BCUT2D eigenvalue weighted by Crippen LogP contribution is -2.16. The van der Waals surface area contributed by atoms with E-state index in [1.165, 1.54) is 0 Å². The first kappa shape index (κ1) is 12.4. The van der Waals surface area contributed by atoms with Gasteiger partial charge in [-0.15, -0.1) is 0 Å². The summed E-state index contributed by atoms with van der Waals surface area (Å²) in [6, 6.07) is 7.72. The van der Waals surface area contributed by atoms with Crippen molar-refractivity contribution in [3.05, 3.63) is 71.5 Å². The third-order valence-corrected chi connectivity index (χ3v) is 3.16. The van der Waals surface area contributed by atoms with E-state index in [1.807, 2.05) is 42.5 Å². The Morgan fingerprint density at radius 2 is 1.80 bits per heavy atom. The van der Waals surface area contributed by atoms with Gasteiger partial charge in [0.05, 0.1) is 5.57 Å². The van der Waals surface area contributed by atoms with Crippen LogP contribution in [0.4, 0.5) is 0 Å². The van der Waals surface area contributed by atoms with E-state index < -0.39 is 0 Å². The summed E-state index contributed by atoms with van der Waals surface area (Å²) < 4.78 is 5.83. The number of carbonyl (C=O) groups excluding carboxylic acids is 1. The second-order valence-corrected chi connectivity index (χ2v) is 4.41. The van der Waals surface area contributed by atoms with Crippen molar-refractivity contribution in [2.45, 2.75) is 0 Å². The minimum absolute atomic E-state index is 0.128. The molecule has 0 radical (unpaired) electrons. The molecule has 2 aliphatic rings. The van der Waals surface area contributed by atoms with Crippen LogP contribution < -0.4 is 4.74 Å². The molecule has 3 rings (SSSR count). The molecule has 0 unspecified atom stereocenters. The Hall–Kier alpha value is -2.68. The zero-order chi connectivity index (χ0) is 13.9. The monoisotopic (exact) mass is 263 g/mol. The van der Waals surface area contributed by atoms with Gasteiger partial charge in [-0.2, -0.15) is 0 Å². The molecule has 1 aromatic carbocycles. The smallest absolute Gasteiger partial charge is 0.214 e. The number of fused-ring (bicyclic) bond motifs is 1. The Kier molecular flexibility index (Phi) is 3.17. The van der Waals surface area contributed by atoms with Crippen LogP contribution in [0.15, 0.2) is 71.0 Å². The van der Waals surface area contributed by atoms with Crippen LogP contribution in [0.2, 0.25) is 0 Å². The number of carbonyl (C=O) groups is 1. The van der Waals surface area contributed by atoms with Crippen molar-refractivity contribution in [1.82, 2.24) is 0 Å². The maximum atomic E-state index is 12.4. The number of nitrogens with zero attached hydrogens (tertiary/aromatic N) is 1. The summed E-state index contributed by atoms with van der Waals surface area (Å²) in [5, 5.41) is 0. The number of para-hydroxylation sites is 1. The van der Waals surface area contributed by atoms with Crippen LogP contribution in [0.3, 0.4) is 0 Å². The summed E-state index contributed by atoms with van der Waals surface area (Å²) in [4.78, 5) is 16.4. The molecule has 1 aliphatic heterocycles. The number of ketones is 1. The fraction of sp³-hybridized carbons (Fsp3) is 0.0588. The van der Waals surface area contributed by atoms with Gasteiger partial charge < -0.3 is 4.74 Å². The predicted molar refractivity (Wildman–Crippen MR) is 79.8 cm³/mol. The quantitative estimate of drug-likeness (QED) is 0.675. The molecule has 0 amide bonds. The van der Waals surface area contributed by atoms with Crippen molar-refractivity contribution in [2.75, 3.05) is 7.05 Å². The van der Waals surface area contributed by atoms with Gasteiger partial charge in [0.2, 0.25) is 5.78 Å². The Labute approximate surface area is 117 Å². The third kappa shape index (κ3) is 2.14. The summed E-state index contributed by atoms with van der Waals surface area (Å²) in [6.45, 7) is 0. The summed E-state index contributed by atoms with van der Waals surface area (Å²) >= 11 is 0. The van der Waals surface area contributed by atoms with E-state index in [-0.39, 0.29) is 5.78 Å². The Morgan fingerprint density at radius 3 is 2.65 bits per heavy atom. The lowest BCUT2D eigenvalue weighted by Gasteiger charge is -2.16. The fourth-order valence-electron chi connectivity index (χ4n) is 2.13. The highest BCUT2D eigenvalue weighted by atomic mass is 16.5. The zero-order valence-corrected chi connectivity index (χ0v) is 11.0. The molecule has 0 N–H and O–H groups in total. The van der Waals surface area contributed by atoms with E-state index in [0.29, 0.717) is 17.0 Å². The molecule has 20 heavy (non-hydrogen) atoms. The average molecular weight is 263 g/mol. The van der Waals surface area contributed by atoms with Crippen molar-refractivity contribution in [3.63, 3.8) is 0 Å². The second-order valence-electron chi connectivity index (χ2n) is 4.41. The molecule has 0 atom stereocenters. The van der Waals surface area contributed by atoms with Crippen LogP contribution in [0.25, 0.3) is 6.08 Å². The summed E-state index contributed by atoms with van der Waals surface area (Å²) in [5.41, 5.74) is 1.94. The first-order valence-electron chi connectivity index (χ1n) is 6.35. The number of hydrogen-bond acceptors (Lipinski definition) is 3. The molecule has 3 heteroatoms. The SMILES string of the molecule is CN=C1C=CC=C/C(=C2\C=Cc3ccccc3O2)C1=O. The first-order chi connectivity index (χ1) is 9.79. The molecule has 0 bridgehead atoms. The highest BCUT2D eigenvalue weighted by Gasteiger charge is 2.20. The standard InChI is InChI=1S/C17H13NO2/c1-18-14-8-4-3-7-13(17(14)19)16-11-10-12-6-2-5-9-15(12)20-16/h2-11H,1H3/b16-13-,18-14?. The van der Waals surface area contributed by atoms with Gasteiger partial charge in [-0.3, -0.25) is 9.79 Å². The van der Waals surface area contributed by atoms with Crippen molar-refractivity contribution in [3.8, 4) is 5.75 Å². The number of hydrogen-bond donors (Lipinski definition) is 0. The molecule has 0 spiro atoms. The highest BCUT2D eigenvalue weighted by molar-refractivity contribution is 6.50. The van der Waals surface area contributed by atoms with E-state index in [4.69, 9.17) is 4.74 Å². The number of allylic oxidation sites excluding steroid dienone is 6. The lowest BCUT2D eigenvalue weighted by molar-refractivity contribution is -0.109. The molecule has 0 saturated heterocycles. The highest BCUT2D eigenvalue weighted by Crippen LogP contribution is 2.29. The van der Waals surface area contributed by atoms with Crippen LogP contribution in [0.1, 0.15) is 5.56 Å². The van der Waals surface area contributed by atoms with Crippen molar-refractivity contribution < 1.29 is 9.53 Å². The topological polar surface area (TPSA) is 38.7 Å². The third-order valence-electron chi connectivity index (χ3n) is 3.16. The molecule has 0 saturated carbocycles. The average Bonchev–Trinajstić information content (AvgIpc) is 2.68. The first-order valence-corrected chi connectivity index (χ1v) is 6.35. The molecule has 98 valence electrons. The zero-order valence-electron chi connectivity index (χ0n) is 11.0. The van der Waals surface area contributed by atoms with E-state index in [1.54, 1.807) is 25.3 Å². The van der Waals surface area contributed by atoms with E-state index in [9.17, 15) is 4.79 Å². The van der Waals surface area contributed by atoms with E-state index in [2.05, 4.69) is 4.99 Å². The van der Waals surface area contributed by atoms with E-state index >= 15 is 0 Å². The van der Waals surface area contributed by atoms with Crippen molar-refractivity contribution in [2.24, 2.45) is 4.99 Å². The van der Waals surface area contributed by atoms with E-state index in [0.717, 1.165) is 11.3 Å². The maximum Gasteiger partial charge on any atom is 0.214 e. The number of benzene rings is 1. The minimum atomic E-state index is -0.128. The van der Waals surface area contributed by atoms with Crippen LogP contribution in [-0.4, -0.2) is 18.5 Å². The minimum Gasteiger partial charge on any atom is -0.456 e. The molecule has 1 aliphatic carbocycles. The number of aliphatic imine (C=N–C) groups is 1. The number of Topliss-reactive ketones (excluding diaryl/α,β-unsaturated/α-hetero) is 1. The van der Waals surface area contributed by atoms with Gasteiger partial charge >= 0.3 is 0 Å². The molecule has 1 aromatic rings. The van der Waals surface area contributed by atoms with Gasteiger partial charge in [0.25, 0.3) is 0 Å². The summed E-state index contributed by atoms with van der Waals surface area (Å²) in [6.07, 6.45) is 10.8. The van der Waals surface area contributed by atoms with Crippen LogP contribution in [-0.2, 0) is 4.79 Å². The van der Waals surface area contributed by atoms with Crippen LogP contribution in [0, 0.1) is 0 Å². The Balaban J connectivity index is 2.06. The maximum absolute atomic E-state index is 12.4. The second kappa shape index (κ2) is 5.13. The van der Waals surface area contributed by atoms with Gasteiger partial charge in [-0.25, -0.2) is 0 Å². The molecular formula is C17H13NO2. The fourth-order valence-corrected chi connectivity index (χ4v) is 2.13. The Bertz CT molecular complexity index is 718. The Morgan fingerprint density at radius 1 is 1.00 bits per heavy atom.